The number of rotatable bonds is 6. The van der Waals surface area contributed by atoms with Crippen molar-refractivity contribution in [3.05, 3.63) is 57.8 Å². The molecule has 4 rings (SSSR count). The molecule has 1 aromatic carbocycles. The van der Waals surface area contributed by atoms with E-state index in [0.29, 0.717) is 19.4 Å². The highest BCUT2D eigenvalue weighted by Gasteiger charge is 2.57. The Kier molecular flexibility index (Phi) is 5.41. The first kappa shape index (κ1) is 21.5. The van der Waals surface area contributed by atoms with E-state index in [1.54, 1.807) is 7.05 Å². The Hall–Kier alpha value is -2.68. The van der Waals surface area contributed by atoms with Gasteiger partial charge in [-0.15, -0.1) is 0 Å². The van der Waals surface area contributed by atoms with Crippen molar-refractivity contribution in [3.8, 4) is 0 Å². The molecule has 2 fully saturated rings. The molecule has 0 radical (unpaired) electrons. The number of likely N-dealkylation sites (tertiary alicyclic amines) is 1. The molecule has 164 valence electrons. The van der Waals surface area contributed by atoms with E-state index >= 15 is 0 Å². The van der Waals surface area contributed by atoms with Gasteiger partial charge in [-0.2, -0.15) is 24.5 Å². The third-order valence-corrected chi connectivity index (χ3v) is 6.62. The van der Waals surface area contributed by atoms with E-state index in [1.807, 2.05) is 16.8 Å². The van der Waals surface area contributed by atoms with Crippen LogP contribution in [-0.4, -0.2) is 40.6 Å². The van der Waals surface area contributed by atoms with Crippen LogP contribution in [-0.2, 0) is 32.5 Å². The van der Waals surface area contributed by atoms with Gasteiger partial charge in [-0.3, -0.25) is 19.3 Å². The third-order valence-electron chi connectivity index (χ3n) is 5.88. The number of imide groups is 1. The van der Waals surface area contributed by atoms with Crippen molar-refractivity contribution >= 4 is 29.1 Å². The van der Waals surface area contributed by atoms with Gasteiger partial charge in [0.2, 0.25) is 17.7 Å². The molecule has 2 heterocycles. The number of hydrogen-bond acceptors (Lipinski definition) is 4. The van der Waals surface area contributed by atoms with Crippen LogP contribution in [0.2, 0.25) is 0 Å². The zero-order valence-corrected chi connectivity index (χ0v) is 17.6. The maximum absolute atomic E-state index is 13.4. The first-order valence-corrected chi connectivity index (χ1v) is 10.9. The minimum atomic E-state index is -4.60. The van der Waals surface area contributed by atoms with E-state index in [-0.39, 0.29) is 24.4 Å². The van der Waals surface area contributed by atoms with Gasteiger partial charge in [-0.1, -0.05) is 18.2 Å². The predicted octanol–water partition coefficient (Wildman–Crippen LogP) is 3.97. The molecule has 1 unspecified atom stereocenters. The summed E-state index contributed by atoms with van der Waals surface area (Å²) in [6.45, 7) is 0.315. The Bertz CT molecular complexity index is 1020. The highest BCUT2D eigenvalue weighted by atomic mass is 32.1. The zero-order chi connectivity index (χ0) is 22.4. The van der Waals surface area contributed by atoms with E-state index in [9.17, 15) is 27.6 Å². The highest BCUT2D eigenvalue weighted by Crippen LogP contribution is 2.45. The van der Waals surface area contributed by atoms with Crippen LogP contribution in [0.15, 0.2) is 41.1 Å². The minimum Gasteiger partial charge on any atom is -0.341 e. The molecule has 0 bridgehead atoms. The summed E-state index contributed by atoms with van der Waals surface area (Å²) in [5.41, 5.74) is -1.56. The molecule has 3 amide bonds. The van der Waals surface area contributed by atoms with Gasteiger partial charge in [0.25, 0.3) is 0 Å². The maximum atomic E-state index is 13.4. The second-order valence-corrected chi connectivity index (χ2v) is 8.98. The molecule has 1 aliphatic heterocycles. The minimum absolute atomic E-state index is 0.0566. The summed E-state index contributed by atoms with van der Waals surface area (Å²) in [5.74, 6) is -1.41. The molecule has 0 N–H and O–H groups in total. The smallest absolute Gasteiger partial charge is 0.341 e. The Morgan fingerprint density at radius 2 is 2.00 bits per heavy atom. The van der Waals surface area contributed by atoms with Crippen LogP contribution in [0.5, 0.6) is 0 Å². The van der Waals surface area contributed by atoms with Crippen LogP contribution in [0.4, 0.5) is 13.2 Å². The molecule has 1 saturated heterocycles. The standard InChI is InChI=1S/C22H21F3N2O3S/c1-26(12-14-7-8-31-13-14)18(28)10-21(11-19(29)27(20(21)30)17-5-6-17)15-3-2-4-16(9-15)22(23,24)25/h2-4,7-9,13,17H,5-6,10-12H2,1H3. The first-order valence-electron chi connectivity index (χ1n) is 9.91. The monoisotopic (exact) mass is 450 g/mol. The molecule has 9 heteroatoms. The van der Waals surface area contributed by atoms with Gasteiger partial charge in [0, 0.05) is 32.5 Å². The summed E-state index contributed by atoms with van der Waals surface area (Å²) >= 11 is 1.49. The lowest BCUT2D eigenvalue weighted by atomic mass is 9.75. The second kappa shape index (κ2) is 7.78. The fourth-order valence-electron chi connectivity index (χ4n) is 4.06. The Balaban J connectivity index is 1.69. The zero-order valence-electron chi connectivity index (χ0n) is 16.8. The van der Waals surface area contributed by atoms with Crippen molar-refractivity contribution in [3.63, 3.8) is 0 Å². The average molecular weight is 450 g/mol. The summed E-state index contributed by atoms with van der Waals surface area (Å²) in [6.07, 6.45) is -3.90. The molecular formula is C22H21F3N2O3S. The quantitative estimate of drug-likeness (QED) is 0.626. The van der Waals surface area contributed by atoms with Crippen molar-refractivity contribution in [1.29, 1.82) is 0 Å². The molecule has 1 saturated carbocycles. The predicted molar refractivity (Wildman–Crippen MR) is 108 cm³/mol. The SMILES string of the molecule is CN(Cc1ccsc1)C(=O)CC1(c2cccc(C(F)(F)F)c2)CC(=O)N(C2CC2)C1=O. The average Bonchev–Trinajstić information content (AvgIpc) is 3.34. The molecular weight excluding hydrogens is 429 g/mol. The largest absolute Gasteiger partial charge is 0.416 e. The Morgan fingerprint density at radius 3 is 2.61 bits per heavy atom. The number of carbonyl (C=O) groups is 3. The molecule has 1 aromatic heterocycles. The lowest BCUT2D eigenvalue weighted by Crippen LogP contribution is -2.43. The lowest BCUT2D eigenvalue weighted by Gasteiger charge is -2.29. The van der Waals surface area contributed by atoms with Crippen molar-refractivity contribution in [1.82, 2.24) is 9.80 Å². The van der Waals surface area contributed by atoms with Gasteiger partial charge in [0.1, 0.15) is 0 Å². The fraction of sp³-hybridized carbons (Fsp3) is 0.409. The van der Waals surface area contributed by atoms with Crippen LogP contribution in [0.1, 0.15) is 42.4 Å². The van der Waals surface area contributed by atoms with Crippen molar-refractivity contribution in [2.45, 2.75) is 49.9 Å². The molecule has 31 heavy (non-hydrogen) atoms. The second-order valence-electron chi connectivity index (χ2n) is 8.20. The molecule has 1 atom stereocenters. The highest BCUT2D eigenvalue weighted by molar-refractivity contribution is 7.07. The number of hydrogen-bond donors (Lipinski definition) is 0. The summed E-state index contributed by atoms with van der Waals surface area (Å²) in [5, 5.41) is 3.77. The van der Waals surface area contributed by atoms with Crippen molar-refractivity contribution < 1.29 is 27.6 Å². The van der Waals surface area contributed by atoms with Gasteiger partial charge >= 0.3 is 6.18 Å². The normalized spacial score (nSPS) is 21.6. The third kappa shape index (κ3) is 4.11. The number of alkyl halides is 3. The fourth-order valence-corrected chi connectivity index (χ4v) is 4.72. The molecule has 0 spiro atoms. The van der Waals surface area contributed by atoms with Crippen LogP contribution >= 0.6 is 11.3 Å². The number of amides is 3. The lowest BCUT2D eigenvalue weighted by molar-refractivity contribution is -0.143. The topological polar surface area (TPSA) is 57.7 Å². The first-order chi connectivity index (χ1) is 14.6. The molecule has 5 nitrogen and oxygen atoms in total. The number of nitrogens with zero attached hydrogens (tertiary/aromatic N) is 2. The Labute approximate surface area is 181 Å². The van der Waals surface area contributed by atoms with Crippen LogP contribution in [0.25, 0.3) is 0 Å². The van der Waals surface area contributed by atoms with Crippen molar-refractivity contribution in [2.75, 3.05) is 7.05 Å². The molecule has 1 aliphatic carbocycles. The van der Waals surface area contributed by atoms with Crippen LogP contribution < -0.4 is 0 Å². The van der Waals surface area contributed by atoms with Crippen LogP contribution in [0, 0.1) is 0 Å². The van der Waals surface area contributed by atoms with Gasteiger partial charge in [0.05, 0.1) is 11.0 Å². The maximum Gasteiger partial charge on any atom is 0.416 e. The van der Waals surface area contributed by atoms with E-state index in [0.717, 1.165) is 22.6 Å². The molecule has 2 aliphatic rings. The Morgan fingerprint density at radius 1 is 1.26 bits per heavy atom. The summed E-state index contributed by atoms with van der Waals surface area (Å²) in [6, 6.07) is 6.09. The summed E-state index contributed by atoms with van der Waals surface area (Å²) in [7, 11) is 1.58. The number of halogens is 3. The molecule has 2 aromatic rings. The van der Waals surface area contributed by atoms with Gasteiger partial charge < -0.3 is 4.90 Å². The van der Waals surface area contributed by atoms with E-state index < -0.39 is 34.9 Å². The van der Waals surface area contributed by atoms with Gasteiger partial charge in [-0.05, 0) is 46.9 Å². The van der Waals surface area contributed by atoms with E-state index in [4.69, 9.17) is 0 Å². The van der Waals surface area contributed by atoms with E-state index in [1.165, 1.54) is 28.4 Å². The summed E-state index contributed by atoms with van der Waals surface area (Å²) in [4.78, 5) is 41.8. The van der Waals surface area contributed by atoms with Gasteiger partial charge in [-0.25, -0.2) is 0 Å². The number of carbonyl (C=O) groups excluding carboxylic acids is 3. The van der Waals surface area contributed by atoms with Crippen molar-refractivity contribution in [2.24, 2.45) is 0 Å². The number of thiophene rings is 1. The van der Waals surface area contributed by atoms with Gasteiger partial charge in [0.15, 0.2) is 0 Å². The number of benzene rings is 1. The summed E-state index contributed by atoms with van der Waals surface area (Å²) < 4.78 is 40.0. The van der Waals surface area contributed by atoms with Crippen LogP contribution in [0.3, 0.4) is 0 Å². The van der Waals surface area contributed by atoms with E-state index in [2.05, 4.69) is 0 Å².